The molecule has 0 aromatic carbocycles. The Morgan fingerprint density at radius 2 is 1.58 bits per heavy atom. The summed E-state index contributed by atoms with van der Waals surface area (Å²) < 4.78 is 0. The Bertz CT molecular complexity index is 462. The van der Waals surface area contributed by atoms with E-state index in [2.05, 4.69) is 4.90 Å². The van der Waals surface area contributed by atoms with Gasteiger partial charge in [-0.05, 0) is 32.2 Å². The van der Waals surface area contributed by atoms with Crippen molar-refractivity contribution in [2.45, 2.75) is 57.6 Å². The predicted molar refractivity (Wildman–Crippen MR) is 91.4 cm³/mol. The summed E-state index contributed by atoms with van der Waals surface area (Å²) in [6.45, 7) is 5.59. The predicted octanol–water partition coefficient (Wildman–Crippen LogP) is 0.693. The van der Waals surface area contributed by atoms with Crippen LogP contribution in [0, 0.1) is 5.92 Å². The summed E-state index contributed by atoms with van der Waals surface area (Å²) in [4.78, 5) is 30.1. The van der Waals surface area contributed by atoms with Gasteiger partial charge in [-0.2, -0.15) is 0 Å². The summed E-state index contributed by atoms with van der Waals surface area (Å²) in [5.41, 5.74) is 0. The molecule has 6 heteroatoms. The van der Waals surface area contributed by atoms with Crippen molar-refractivity contribution >= 4 is 11.8 Å². The lowest BCUT2D eigenvalue weighted by Gasteiger charge is -2.39. The van der Waals surface area contributed by atoms with Crippen LogP contribution in [0.3, 0.4) is 0 Å². The second-order valence-corrected chi connectivity index (χ2v) is 7.58. The molecule has 3 rings (SSSR count). The zero-order valence-corrected chi connectivity index (χ0v) is 14.8. The van der Waals surface area contributed by atoms with Gasteiger partial charge in [0.1, 0.15) is 0 Å². The first-order chi connectivity index (χ1) is 11.6. The number of piperazine rings is 1. The minimum absolute atomic E-state index is 0.0907. The van der Waals surface area contributed by atoms with Crippen LogP contribution in [0.2, 0.25) is 0 Å². The lowest BCUT2D eigenvalue weighted by molar-refractivity contribution is -0.139. The first kappa shape index (κ1) is 17.7. The Morgan fingerprint density at radius 3 is 2.25 bits per heavy atom. The van der Waals surface area contributed by atoms with Crippen LogP contribution in [0.15, 0.2) is 0 Å². The van der Waals surface area contributed by atoms with E-state index in [1.165, 1.54) is 6.42 Å². The van der Waals surface area contributed by atoms with Gasteiger partial charge in [-0.25, -0.2) is 0 Å². The maximum absolute atomic E-state index is 12.7. The average Bonchev–Trinajstić information content (AvgIpc) is 3.03. The Kier molecular flexibility index (Phi) is 5.76. The van der Waals surface area contributed by atoms with Gasteiger partial charge in [0.05, 0.1) is 12.6 Å². The SMILES string of the molecule is CC(=O)N1CCN(C(=O)CN2CCCC2C2CCCCC2O)CC1. The molecule has 2 saturated heterocycles. The van der Waals surface area contributed by atoms with E-state index in [9.17, 15) is 14.7 Å². The molecule has 24 heavy (non-hydrogen) atoms. The molecule has 3 unspecified atom stereocenters. The van der Waals surface area contributed by atoms with Gasteiger partial charge in [-0.1, -0.05) is 12.8 Å². The normalized spacial score (nSPS) is 32.2. The van der Waals surface area contributed by atoms with Crippen molar-refractivity contribution in [3.8, 4) is 0 Å². The zero-order valence-electron chi connectivity index (χ0n) is 14.8. The Morgan fingerprint density at radius 1 is 0.917 bits per heavy atom. The van der Waals surface area contributed by atoms with E-state index in [0.717, 1.165) is 38.6 Å². The molecule has 3 fully saturated rings. The first-order valence-corrected chi connectivity index (χ1v) is 9.51. The fraction of sp³-hybridized carbons (Fsp3) is 0.889. The third kappa shape index (κ3) is 3.91. The van der Waals surface area contributed by atoms with Gasteiger partial charge in [0, 0.05) is 45.1 Å². The molecule has 0 aromatic heterocycles. The van der Waals surface area contributed by atoms with Crippen LogP contribution in [0.1, 0.15) is 45.4 Å². The smallest absolute Gasteiger partial charge is 0.236 e. The highest BCUT2D eigenvalue weighted by Gasteiger charge is 2.38. The van der Waals surface area contributed by atoms with E-state index in [1.54, 1.807) is 11.8 Å². The molecule has 3 aliphatic rings. The summed E-state index contributed by atoms with van der Waals surface area (Å²) in [5.74, 6) is 0.604. The molecule has 6 nitrogen and oxygen atoms in total. The van der Waals surface area contributed by atoms with Crippen molar-refractivity contribution in [3.05, 3.63) is 0 Å². The topological polar surface area (TPSA) is 64.1 Å². The number of carbonyl (C=O) groups is 2. The molecule has 136 valence electrons. The Balaban J connectivity index is 1.53. The van der Waals surface area contributed by atoms with Crippen LogP contribution in [0.25, 0.3) is 0 Å². The van der Waals surface area contributed by atoms with Crippen LogP contribution in [-0.2, 0) is 9.59 Å². The van der Waals surface area contributed by atoms with Crippen LogP contribution in [0.5, 0.6) is 0 Å². The highest BCUT2D eigenvalue weighted by Crippen LogP contribution is 2.34. The van der Waals surface area contributed by atoms with Gasteiger partial charge in [-0.3, -0.25) is 14.5 Å². The van der Waals surface area contributed by atoms with Crippen LogP contribution in [-0.4, -0.2) is 83.0 Å². The molecule has 0 bridgehead atoms. The summed E-state index contributed by atoms with van der Waals surface area (Å²) in [5, 5.41) is 10.4. The second-order valence-electron chi connectivity index (χ2n) is 7.58. The molecule has 1 N–H and O–H groups in total. The quantitative estimate of drug-likeness (QED) is 0.823. The van der Waals surface area contributed by atoms with Gasteiger partial charge < -0.3 is 14.9 Å². The van der Waals surface area contributed by atoms with Gasteiger partial charge in [0.2, 0.25) is 11.8 Å². The molecular weight excluding hydrogens is 306 g/mol. The number of hydrogen-bond donors (Lipinski definition) is 1. The fourth-order valence-electron chi connectivity index (χ4n) is 4.67. The van der Waals surface area contributed by atoms with Crippen molar-refractivity contribution in [2.75, 3.05) is 39.3 Å². The van der Waals surface area contributed by atoms with Crippen molar-refractivity contribution < 1.29 is 14.7 Å². The lowest BCUT2D eigenvalue weighted by atomic mass is 9.80. The number of aliphatic hydroxyl groups excluding tert-OH is 1. The molecule has 0 spiro atoms. The van der Waals surface area contributed by atoms with E-state index in [4.69, 9.17) is 0 Å². The lowest BCUT2D eigenvalue weighted by Crippen LogP contribution is -2.53. The fourth-order valence-corrected chi connectivity index (χ4v) is 4.67. The largest absolute Gasteiger partial charge is 0.393 e. The maximum atomic E-state index is 12.7. The van der Waals surface area contributed by atoms with Gasteiger partial charge >= 0.3 is 0 Å². The number of carbonyl (C=O) groups excluding carboxylic acids is 2. The molecule has 0 radical (unpaired) electrons. The molecular formula is C18H31N3O3. The first-order valence-electron chi connectivity index (χ1n) is 9.51. The molecule has 1 saturated carbocycles. The number of rotatable bonds is 3. The second kappa shape index (κ2) is 7.83. The minimum atomic E-state index is -0.196. The number of aliphatic hydroxyl groups is 1. The average molecular weight is 337 g/mol. The summed E-state index contributed by atoms with van der Waals surface area (Å²) in [7, 11) is 0. The van der Waals surface area contributed by atoms with Gasteiger partial charge in [0.15, 0.2) is 0 Å². The van der Waals surface area contributed by atoms with E-state index >= 15 is 0 Å². The standard InChI is InChI=1S/C18H31N3O3/c1-14(22)19-9-11-20(12-10-19)18(24)13-21-8-4-6-16(21)15-5-2-3-7-17(15)23/h15-17,23H,2-13H2,1H3. The molecule has 2 amide bonds. The summed E-state index contributed by atoms with van der Waals surface area (Å²) in [6.07, 6.45) is 6.37. The minimum Gasteiger partial charge on any atom is -0.393 e. The number of likely N-dealkylation sites (tertiary alicyclic amines) is 1. The van der Waals surface area contributed by atoms with E-state index in [0.29, 0.717) is 44.7 Å². The molecule has 2 heterocycles. The maximum Gasteiger partial charge on any atom is 0.236 e. The molecule has 3 atom stereocenters. The number of nitrogens with zero attached hydrogens (tertiary/aromatic N) is 3. The van der Waals surface area contributed by atoms with Gasteiger partial charge in [0.25, 0.3) is 0 Å². The van der Waals surface area contributed by atoms with Crippen molar-refractivity contribution in [1.29, 1.82) is 0 Å². The highest BCUT2D eigenvalue weighted by atomic mass is 16.3. The van der Waals surface area contributed by atoms with Crippen LogP contribution >= 0.6 is 0 Å². The number of amides is 2. The summed E-state index contributed by atoms with van der Waals surface area (Å²) >= 11 is 0. The number of hydrogen-bond acceptors (Lipinski definition) is 4. The van der Waals surface area contributed by atoms with Crippen molar-refractivity contribution in [2.24, 2.45) is 5.92 Å². The van der Waals surface area contributed by atoms with Gasteiger partial charge in [-0.15, -0.1) is 0 Å². The Labute approximate surface area is 144 Å². The van der Waals surface area contributed by atoms with Crippen molar-refractivity contribution in [1.82, 2.24) is 14.7 Å². The zero-order chi connectivity index (χ0) is 17.1. The molecule has 1 aliphatic carbocycles. The highest BCUT2D eigenvalue weighted by molar-refractivity contribution is 5.79. The van der Waals surface area contributed by atoms with Crippen LogP contribution in [0.4, 0.5) is 0 Å². The monoisotopic (exact) mass is 337 g/mol. The molecule has 2 aliphatic heterocycles. The third-order valence-electron chi connectivity index (χ3n) is 6.11. The van der Waals surface area contributed by atoms with Crippen LogP contribution < -0.4 is 0 Å². The Hall–Kier alpha value is -1.14. The third-order valence-corrected chi connectivity index (χ3v) is 6.11. The van der Waals surface area contributed by atoms with E-state index in [1.807, 2.05) is 4.90 Å². The molecule has 0 aromatic rings. The van der Waals surface area contributed by atoms with E-state index in [-0.39, 0.29) is 17.9 Å². The summed E-state index contributed by atoms with van der Waals surface area (Å²) in [6, 6.07) is 0.364. The van der Waals surface area contributed by atoms with Crippen molar-refractivity contribution in [3.63, 3.8) is 0 Å². The van der Waals surface area contributed by atoms with E-state index < -0.39 is 0 Å².